The Hall–Kier alpha value is -2.07. The summed E-state index contributed by atoms with van der Waals surface area (Å²) >= 11 is 0. The Kier molecular flexibility index (Phi) is 4.25. The first-order valence-electron chi connectivity index (χ1n) is 6.30. The summed E-state index contributed by atoms with van der Waals surface area (Å²) in [6, 6.07) is 10.0. The average Bonchev–Trinajstić information content (AvgIpc) is 2.47. The van der Waals surface area contributed by atoms with Gasteiger partial charge in [0.25, 0.3) is 0 Å². The molecule has 0 amide bonds. The second-order valence-electron chi connectivity index (χ2n) is 4.62. The van der Waals surface area contributed by atoms with Crippen molar-refractivity contribution in [2.24, 2.45) is 5.73 Å². The second kappa shape index (κ2) is 5.92. The Morgan fingerprint density at radius 1 is 1.00 bits per heavy atom. The fourth-order valence-corrected chi connectivity index (χ4v) is 2.06. The van der Waals surface area contributed by atoms with Gasteiger partial charge in [-0.1, -0.05) is 29.8 Å². The van der Waals surface area contributed by atoms with Gasteiger partial charge < -0.3 is 15.2 Å². The monoisotopic (exact) mass is 275 g/mol. The summed E-state index contributed by atoms with van der Waals surface area (Å²) in [4.78, 5) is 0. The molecule has 0 bridgehead atoms. The highest BCUT2D eigenvalue weighted by Crippen LogP contribution is 2.33. The van der Waals surface area contributed by atoms with Crippen LogP contribution in [-0.2, 0) is 0 Å². The molecular weight excluding hydrogens is 257 g/mol. The van der Waals surface area contributed by atoms with Crippen LogP contribution in [0.1, 0.15) is 22.7 Å². The van der Waals surface area contributed by atoms with Crippen LogP contribution < -0.4 is 15.2 Å². The van der Waals surface area contributed by atoms with Crippen LogP contribution in [0.2, 0.25) is 0 Å². The Balaban J connectivity index is 2.43. The van der Waals surface area contributed by atoms with Gasteiger partial charge >= 0.3 is 0 Å². The highest BCUT2D eigenvalue weighted by Gasteiger charge is 2.17. The highest BCUT2D eigenvalue weighted by atomic mass is 19.1. The van der Waals surface area contributed by atoms with Crippen LogP contribution in [0, 0.1) is 12.7 Å². The van der Waals surface area contributed by atoms with Crippen molar-refractivity contribution >= 4 is 0 Å². The molecule has 0 radical (unpaired) electrons. The minimum absolute atomic E-state index is 0.352. The molecule has 0 saturated carbocycles. The van der Waals surface area contributed by atoms with Crippen LogP contribution in [0.15, 0.2) is 36.4 Å². The summed E-state index contributed by atoms with van der Waals surface area (Å²) in [6.07, 6.45) is 0. The minimum Gasteiger partial charge on any atom is -0.493 e. The van der Waals surface area contributed by atoms with Crippen LogP contribution in [0.3, 0.4) is 0 Å². The molecule has 0 heterocycles. The lowest BCUT2D eigenvalue weighted by Crippen LogP contribution is -2.14. The molecule has 0 aliphatic carbocycles. The van der Waals surface area contributed by atoms with E-state index in [2.05, 4.69) is 0 Å². The summed E-state index contributed by atoms with van der Waals surface area (Å²) < 4.78 is 24.4. The Labute approximate surface area is 118 Å². The molecule has 4 heteroatoms. The maximum Gasteiger partial charge on any atom is 0.163 e. The van der Waals surface area contributed by atoms with E-state index in [1.165, 1.54) is 20.3 Å². The average molecular weight is 275 g/mol. The number of hydrogen-bond donors (Lipinski definition) is 1. The van der Waals surface area contributed by atoms with Crippen LogP contribution in [-0.4, -0.2) is 14.2 Å². The number of benzene rings is 2. The van der Waals surface area contributed by atoms with E-state index in [9.17, 15) is 4.39 Å². The predicted octanol–water partition coefficient (Wildman–Crippen LogP) is 3.20. The molecule has 0 aromatic heterocycles. The topological polar surface area (TPSA) is 44.5 Å². The fraction of sp³-hybridized carbons (Fsp3) is 0.250. The third-order valence-corrected chi connectivity index (χ3v) is 3.27. The number of aryl methyl sites for hydroxylation is 1. The van der Waals surface area contributed by atoms with E-state index in [0.717, 1.165) is 11.1 Å². The van der Waals surface area contributed by atoms with Crippen molar-refractivity contribution in [1.29, 1.82) is 0 Å². The smallest absolute Gasteiger partial charge is 0.163 e. The number of halogens is 1. The number of rotatable bonds is 4. The van der Waals surface area contributed by atoms with Gasteiger partial charge in [0.05, 0.1) is 20.3 Å². The molecule has 2 N–H and O–H groups in total. The standard InChI is InChI=1S/C16H18FNO2/c1-10-4-6-11(7-5-10)16(18)12-8-14(19-2)15(20-3)9-13(12)17/h4-9,16H,18H2,1-3H3. The quantitative estimate of drug-likeness (QED) is 0.932. The van der Waals surface area contributed by atoms with Gasteiger partial charge in [0.15, 0.2) is 11.5 Å². The number of nitrogens with two attached hydrogens (primary N) is 1. The molecule has 0 aliphatic rings. The molecule has 2 rings (SSSR count). The van der Waals surface area contributed by atoms with Crippen LogP contribution >= 0.6 is 0 Å². The fourth-order valence-electron chi connectivity index (χ4n) is 2.06. The van der Waals surface area contributed by atoms with Crippen molar-refractivity contribution in [2.45, 2.75) is 13.0 Å². The van der Waals surface area contributed by atoms with Gasteiger partial charge in [-0.25, -0.2) is 4.39 Å². The largest absolute Gasteiger partial charge is 0.493 e. The third-order valence-electron chi connectivity index (χ3n) is 3.27. The zero-order chi connectivity index (χ0) is 14.7. The summed E-state index contributed by atoms with van der Waals surface area (Å²) in [6.45, 7) is 1.99. The molecule has 0 saturated heterocycles. The van der Waals surface area contributed by atoms with Crippen LogP contribution in [0.5, 0.6) is 11.5 Å². The van der Waals surface area contributed by atoms with E-state index < -0.39 is 11.9 Å². The maximum atomic E-state index is 14.2. The van der Waals surface area contributed by atoms with E-state index >= 15 is 0 Å². The normalized spacial score (nSPS) is 12.1. The molecule has 20 heavy (non-hydrogen) atoms. The Bertz CT molecular complexity index is 596. The van der Waals surface area contributed by atoms with E-state index in [1.54, 1.807) is 6.07 Å². The van der Waals surface area contributed by atoms with Crippen molar-refractivity contribution in [3.05, 3.63) is 58.9 Å². The molecule has 2 aromatic carbocycles. The van der Waals surface area contributed by atoms with Gasteiger partial charge in [-0.05, 0) is 18.6 Å². The molecule has 1 unspecified atom stereocenters. The number of hydrogen-bond acceptors (Lipinski definition) is 3. The molecule has 0 fully saturated rings. The first-order valence-corrected chi connectivity index (χ1v) is 6.30. The first kappa shape index (κ1) is 14.3. The van der Waals surface area contributed by atoms with Gasteiger partial charge in [0.2, 0.25) is 0 Å². The summed E-state index contributed by atoms with van der Waals surface area (Å²) in [5.41, 5.74) is 8.51. The van der Waals surface area contributed by atoms with E-state index in [-0.39, 0.29) is 0 Å². The van der Waals surface area contributed by atoms with E-state index in [4.69, 9.17) is 15.2 Å². The van der Waals surface area contributed by atoms with E-state index in [1.807, 2.05) is 31.2 Å². The van der Waals surface area contributed by atoms with Gasteiger partial charge in [0.1, 0.15) is 5.82 Å². The summed E-state index contributed by atoms with van der Waals surface area (Å²) in [5.74, 6) is 0.409. The van der Waals surface area contributed by atoms with Crippen LogP contribution in [0.4, 0.5) is 4.39 Å². The van der Waals surface area contributed by atoms with Crippen LogP contribution in [0.25, 0.3) is 0 Å². The molecule has 0 aliphatic heterocycles. The van der Waals surface area contributed by atoms with Crippen molar-refractivity contribution in [1.82, 2.24) is 0 Å². The summed E-state index contributed by atoms with van der Waals surface area (Å²) in [5, 5.41) is 0. The van der Waals surface area contributed by atoms with Crippen molar-refractivity contribution in [2.75, 3.05) is 14.2 Å². The van der Waals surface area contributed by atoms with Gasteiger partial charge in [-0.2, -0.15) is 0 Å². The number of methoxy groups -OCH3 is 2. The number of ether oxygens (including phenoxy) is 2. The lowest BCUT2D eigenvalue weighted by atomic mass is 9.98. The van der Waals surface area contributed by atoms with Gasteiger partial charge in [0, 0.05) is 11.6 Å². The van der Waals surface area contributed by atoms with Crippen molar-refractivity contribution in [3.63, 3.8) is 0 Å². The third kappa shape index (κ3) is 2.75. The van der Waals surface area contributed by atoms with Crippen molar-refractivity contribution < 1.29 is 13.9 Å². The molecular formula is C16H18FNO2. The van der Waals surface area contributed by atoms with Gasteiger partial charge in [-0.15, -0.1) is 0 Å². The minimum atomic E-state index is -0.546. The second-order valence-corrected chi connectivity index (χ2v) is 4.62. The first-order chi connectivity index (χ1) is 9.56. The molecule has 106 valence electrons. The summed E-state index contributed by atoms with van der Waals surface area (Å²) in [7, 11) is 2.98. The predicted molar refractivity (Wildman–Crippen MR) is 76.7 cm³/mol. The Morgan fingerprint density at radius 3 is 2.10 bits per heavy atom. The lowest BCUT2D eigenvalue weighted by Gasteiger charge is -2.16. The van der Waals surface area contributed by atoms with Crippen molar-refractivity contribution in [3.8, 4) is 11.5 Å². The lowest BCUT2D eigenvalue weighted by molar-refractivity contribution is 0.351. The maximum absolute atomic E-state index is 14.2. The molecule has 1 atom stereocenters. The molecule has 0 spiro atoms. The SMILES string of the molecule is COc1cc(F)c(C(N)c2ccc(C)cc2)cc1OC. The zero-order valence-corrected chi connectivity index (χ0v) is 11.8. The Morgan fingerprint density at radius 2 is 1.55 bits per heavy atom. The molecule has 2 aromatic rings. The highest BCUT2D eigenvalue weighted by molar-refractivity contribution is 5.46. The van der Waals surface area contributed by atoms with Gasteiger partial charge in [-0.3, -0.25) is 0 Å². The molecule has 3 nitrogen and oxygen atoms in total. The van der Waals surface area contributed by atoms with E-state index in [0.29, 0.717) is 17.1 Å². The zero-order valence-electron chi connectivity index (χ0n) is 11.8.